The zero-order valence-electron chi connectivity index (χ0n) is 13.7. The largest absolute Gasteiger partial charge is 0.444 e. The highest BCUT2D eigenvalue weighted by molar-refractivity contribution is 5.68. The highest BCUT2D eigenvalue weighted by atomic mass is 16.6. The number of benzene rings is 1. The van der Waals surface area contributed by atoms with Crippen molar-refractivity contribution in [2.24, 2.45) is 0 Å². The number of carbonyl (C=O) groups is 1. The Morgan fingerprint density at radius 1 is 1.24 bits per heavy atom. The standard InChI is InChI=1S/C17H26N2O2/c1-17(2,3)21-16(20)19-11-10-14(12-19)13-6-8-15(9-7-13)18(4)5/h6-9,14H,10-12H2,1-5H3. The van der Waals surface area contributed by atoms with Gasteiger partial charge in [-0.05, 0) is 44.9 Å². The molecule has 1 aliphatic heterocycles. The first kappa shape index (κ1) is 15.7. The fraction of sp³-hybridized carbons (Fsp3) is 0.588. The summed E-state index contributed by atoms with van der Waals surface area (Å²) in [5, 5.41) is 0. The Bertz CT molecular complexity index is 489. The van der Waals surface area contributed by atoms with E-state index in [1.165, 1.54) is 11.3 Å². The summed E-state index contributed by atoms with van der Waals surface area (Å²) in [6.07, 6.45) is 0.801. The van der Waals surface area contributed by atoms with Gasteiger partial charge in [-0.15, -0.1) is 0 Å². The van der Waals surface area contributed by atoms with Crippen LogP contribution < -0.4 is 4.90 Å². The summed E-state index contributed by atoms with van der Waals surface area (Å²) >= 11 is 0. The van der Waals surface area contributed by atoms with Crippen LogP contribution in [0, 0.1) is 0 Å². The summed E-state index contributed by atoms with van der Waals surface area (Å²) in [5.74, 6) is 0.411. The van der Waals surface area contributed by atoms with E-state index < -0.39 is 5.60 Å². The molecule has 0 saturated carbocycles. The number of anilines is 1. The third-order valence-electron chi connectivity index (χ3n) is 3.72. The Balaban J connectivity index is 1.97. The fourth-order valence-corrected chi connectivity index (χ4v) is 2.57. The van der Waals surface area contributed by atoms with Crippen LogP contribution in [0.15, 0.2) is 24.3 Å². The van der Waals surface area contributed by atoms with Gasteiger partial charge in [0.2, 0.25) is 0 Å². The number of nitrogens with zero attached hydrogens (tertiary/aromatic N) is 2. The number of hydrogen-bond acceptors (Lipinski definition) is 3. The maximum absolute atomic E-state index is 12.1. The maximum atomic E-state index is 12.1. The van der Waals surface area contributed by atoms with Gasteiger partial charge in [0.1, 0.15) is 5.60 Å². The lowest BCUT2D eigenvalue weighted by Gasteiger charge is -2.24. The molecule has 0 N–H and O–H groups in total. The van der Waals surface area contributed by atoms with E-state index in [1.807, 2.05) is 39.8 Å². The van der Waals surface area contributed by atoms with Crippen LogP contribution in [0.3, 0.4) is 0 Å². The van der Waals surface area contributed by atoms with Crippen LogP contribution in [0.4, 0.5) is 10.5 Å². The molecule has 1 atom stereocenters. The highest BCUT2D eigenvalue weighted by Crippen LogP contribution is 2.29. The molecule has 0 spiro atoms. The van der Waals surface area contributed by atoms with Crippen molar-refractivity contribution in [1.82, 2.24) is 4.90 Å². The van der Waals surface area contributed by atoms with E-state index in [9.17, 15) is 4.79 Å². The number of likely N-dealkylation sites (tertiary alicyclic amines) is 1. The Morgan fingerprint density at radius 2 is 1.86 bits per heavy atom. The molecule has 1 unspecified atom stereocenters. The lowest BCUT2D eigenvalue weighted by molar-refractivity contribution is 0.0292. The Hall–Kier alpha value is -1.71. The van der Waals surface area contributed by atoms with Gasteiger partial charge in [0.05, 0.1) is 0 Å². The number of carbonyl (C=O) groups excluding carboxylic acids is 1. The van der Waals surface area contributed by atoms with E-state index >= 15 is 0 Å². The quantitative estimate of drug-likeness (QED) is 0.836. The molecule has 1 amide bonds. The van der Waals surface area contributed by atoms with Gasteiger partial charge in [-0.3, -0.25) is 0 Å². The molecule has 0 aromatic heterocycles. The molecule has 0 aliphatic carbocycles. The molecule has 1 aliphatic rings. The second-order valence-electron chi connectivity index (χ2n) is 6.90. The Labute approximate surface area is 127 Å². The summed E-state index contributed by atoms with van der Waals surface area (Å²) in [6, 6.07) is 8.59. The third kappa shape index (κ3) is 4.13. The van der Waals surface area contributed by atoms with Crippen LogP contribution in [-0.4, -0.2) is 43.8 Å². The first-order chi connectivity index (χ1) is 9.76. The van der Waals surface area contributed by atoms with Crippen LogP contribution in [0.5, 0.6) is 0 Å². The first-order valence-electron chi connectivity index (χ1n) is 7.51. The second kappa shape index (κ2) is 5.96. The average molecular weight is 290 g/mol. The van der Waals surface area contributed by atoms with Gasteiger partial charge in [0, 0.05) is 38.8 Å². The molecule has 1 heterocycles. The van der Waals surface area contributed by atoms with Gasteiger partial charge >= 0.3 is 6.09 Å². The molecule has 2 rings (SSSR count). The van der Waals surface area contributed by atoms with Crippen molar-refractivity contribution in [2.45, 2.75) is 38.7 Å². The maximum Gasteiger partial charge on any atom is 0.410 e. The van der Waals surface area contributed by atoms with Crippen LogP contribution in [0.25, 0.3) is 0 Å². The Morgan fingerprint density at radius 3 is 2.38 bits per heavy atom. The predicted molar refractivity (Wildman–Crippen MR) is 85.9 cm³/mol. The minimum Gasteiger partial charge on any atom is -0.444 e. The minimum absolute atomic E-state index is 0.199. The van der Waals surface area contributed by atoms with Crippen molar-refractivity contribution < 1.29 is 9.53 Å². The molecule has 4 nitrogen and oxygen atoms in total. The molecule has 0 bridgehead atoms. The lowest BCUT2D eigenvalue weighted by atomic mass is 9.98. The van der Waals surface area contributed by atoms with Gasteiger partial charge in [0.15, 0.2) is 0 Å². The second-order valence-corrected chi connectivity index (χ2v) is 6.90. The van der Waals surface area contributed by atoms with Crippen molar-refractivity contribution in [1.29, 1.82) is 0 Å². The smallest absolute Gasteiger partial charge is 0.410 e. The fourth-order valence-electron chi connectivity index (χ4n) is 2.57. The van der Waals surface area contributed by atoms with E-state index in [0.717, 1.165) is 19.5 Å². The van der Waals surface area contributed by atoms with Crippen LogP contribution in [0.1, 0.15) is 38.7 Å². The summed E-state index contributed by atoms with van der Waals surface area (Å²) in [6.45, 7) is 7.22. The van der Waals surface area contributed by atoms with Gasteiger partial charge in [-0.1, -0.05) is 12.1 Å². The van der Waals surface area contributed by atoms with E-state index in [0.29, 0.717) is 5.92 Å². The third-order valence-corrected chi connectivity index (χ3v) is 3.72. The number of amides is 1. The number of hydrogen-bond donors (Lipinski definition) is 0. The van der Waals surface area contributed by atoms with E-state index in [4.69, 9.17) is 4.74 Å². The number of rotatable bonds is 2. The molecule has 1 saturated heterocycles. The molecule has 0 radical (unpaired) electrons. The van der Waals surface area contributed by atoms with Crippen molar-refractivity contribution in [2.75, 3.05) is 32.1 Å². The minimum atomic E-state index is -0.428. The highest BCUT2D eigenvalue weighted by Gasteiger charge is 2.30. The lowest BCUT2D eigenvalue weighted by Crippen LogP contribution is -2.35. The van der Waals surface area contributed by atoms with Crippen LogP contribution >= 0.6 is 0 Å². The number of ether oxygens (including phenoxy) is 1. The Kier molecular flexibility index (Phi) is 4.45. The molecular formula is C17H26N2O2. The van der Waals surface area contributed by atoms with Gasteiger partial charge in [-0.25, -0.2) is 4.79 Å². The van der Waals surface area contributed by atoms with Crippen molar-refractivity contribution >= 4 is 11.8 Å². The molecule has 4 heteroatoms. The molecule has 21 heavy (non-hydrogen) atoms. The zero-order valence-corrected chi connectivity index (χ0v) is 13.7. The van der Waals surface area contributed by atoms with Crippen molar-refractivity contribution in [3.8, 4) is 0 Å². The molecular weight excluding hydrogens is 264 g/mol. The van der Waals surface area contributed by atoms with Gasteiger partial charge in [-0.2, -0.15) is 0 Å². The molecule has 1 fully saturated rings. The summed E-state index contributed by atoms with van der Waals surface area (Å²) in [7, 11) is 4.07. The van der Waals surface area contributed by atoms with E-state index in [-0.39, 0.29) is 6.09 Å². The average Bonchev–Trinajstić information content (AvgIpc) is 2.86. The summed E-state index contributed by atoms with van der Waals surface area (Å²) < 4.78 is 5.44. The topological polar surface area (TPSA) is 32.8 Å². The first-order valence-corrected chi connectivity index (χ1v) is 7.51. The molecule has 1 aromatic carbocycles. The molecule has 1 aromatic rings. The van der Waals surface area contributed by atoms with Gasteiger partial charge < -0.3 is 14.5 Å². The predicted octanol–water partition coefficient (Wildman–Crippen LogP) is 3.48. The SMILES string of the molecule is CN(C)c1ccc(C2CCN(C(=O)OC(C)(C)C)C2)cc1. The van der Waals surface area contributed by atoms with Crippen LogP contribution in [-0.2, 0) is 4.74 Å². The van der Waals surface area contributed by atoms with E-state index in [1.54, 1.807) is 0 Å². The van der Waals surface area contributed by atoms with Crippen molar-refractivity contribution in [3.05, 3.63) is 29.8 Å². The van der Waals surface area contributed by atoms with Gasteiger partial charge in [0.25, 0.3) is 0 Å². The molecule has 116 valence electrons. The monoisotopic (exact) mass is 290 g/mol. The zero-order chi connectivity index (χ0) is 15.6. The summed E-state index contributed by atoms with van der Waals surface area (Å²) in [4.78, 5) is 16.0. The summed E-state index contributed by atoms with van der Waals surface area (Å²) in [5.41, 5.74) is 2.06. The normalized spacial score (nSPS) is 18.7. The van der Waals surface area contributed by atoms with E-state index in [2.05, 4.69) is 29.2 Å². The van der Waals surface area contributed by atoms with Crippen LogP contribution in [0.2, 0.25) is 0 Å². The van der Waals surface area contributed by atoms with Crippen molar-refractivity contribution in [3.63, 3.8) is 0 Å².